The summed E-state index contributed by atoms with van der Waals surface area (Å²) in [4.78, 5) is 17.2. The van der Waals surface area contributed by atoms with Gasteiger partial charge in [-0.25, -0.2) is 8.78 Å². The number of rotatable bonds is 12. The van der Waals surface area contributed by atoms with Crippen molar-refractivity contribution in [1.29, 1.82) is 0 Å². The third-order valence-electron chi connectivity index (χ3n) is 7.08. The van der Waals surface area contributed by atoms with Crippen LogP contribution in [0.1, 0.15) is 63.6 Å². The summed E-state index contributed by atoms with van der Waals surface area (Å²) in [6.07, 6.45) is 3.07. The van der Waals surface area contributed by atoms with Crippen molar-refractivity contribution in [2.24, 2.45) is 0 Å². The average molecular weight is 546 g/mol. The minimum absolute atomic E-state index is 0.0528. The first kappa shape index (κ1) is 30.7. The second-order valence-electron chi connectivity index (χ2n) is 11.3. The van der Waals surface area contributed by atoms with Gasteiger partial charge < -0.3 is 20.8 Å². The van der Waals surface area contributed by atoms with Crippen LogP contribution in [0.15, 0.2) is 54.2 Å². The highest BCUT2D eigenvalue weighted by Gasteiger charge is 2.36. The number of carbonyl (C=O) groups excluding carboxylic acids is 1. The molecule has 3 atom stereocenters. The van der Waals surface area contributed by atoms with E-state index in [9.17, 15) is 18.7 Å². The predicted octanol–water partition coefficient (Wildman–Crippen LogP) is 3.74. The molecule has 3 rings (SSSR count). The Hall–Kier alpha value is -2.85. The summed E-state index contributed by atoms with van der Waals surface area (Å²) >= 11 is 0. The van der Waals surface area contributed by atoms with E-state index < -0.39 is 29.3 Å². The quantitative estimate of drug-likeness (QED) is 0.206. The van der Waals surface area contributed by atoms with Gasteiger partial charge >= 0.3 is 0 Å². The standard InChI is InChI=1S/C30H41F2N3O4/c1-20(37)34-27(16-21-14-24(31)18-25(32)15-21)28(38)19-33-30(10-8-26(9-11-30)35-39-13-12-36)23-7-5-6-22(17-23)29(2,3)4/h5-8,14-15,17-18,27-28,33,35-36,38H,9-13,16,19H2,1-4H3,(H,34,37). The second kappa shape index (κ2) is 13.5. The molecular weight excluding hydrogens is 504 g/mol. The summed E-state index contributed by atoms with van der Waals surface area (Å²) in [6.45, 7) is 8.05. The van der Waals surface area contributed by atoms with E-state index in [-0.39, 0.29) is 37.5 Å². The predicted molar refractivity (Wildman–Crippen MR) is 147 cm³/mol. The minimum Gasteiger partial charge on any atom is -0.394 e. The number of carbonyl (C=O) groups is 1. The average Bonchev–Trinajstić information content (AvgIpc) is 2.86. The molecule has 1 aliphatic carbocycles. The van der Waals surface area contributed by atoms with Crippen LogP contribution in [0.2, 0.25) is 0 Å². The molecule has 39 heavy (non-hydrogen) atoms. The number of aliphatic hydroxyl groups is 2. The van der Waals surface area contributed by atoms with Gasteiger partial charge in [-0.05, 0) is 59.9 Å². The van der Waals surface area contributed by atoms with Crippen molar-refractivity contribution in [3.05, 3.63) is 82.6 Å². The molecule has 7 nitrogen and oxygen atoms in total. The van der Waals surface area contributed by atoms with Gasteiger partial charge in [0.15, 0.2) is 0 Å². The fraction of sp³-hybridized carbons (Fsp3) is 0.500. The highest BCUT2D eigenvalue weighted by Crippen LogP contribution is 2.38. The monoisotopic (exact) mass is 545 g/mol. The maximum absolute atomic E-state index is 13.8. The van der Waals surface area contributed by atoms with Gasteiger partial charge in [-0.1, -0.05) is 51.1 Å². The van der Waals surface area contributed by atoms with Crippen LogP contribution in [0.4, 0.5) is 8.78 Å². The smallest absolute Gasteiger partial charge is 0.217 e. The van der Waals surface area contributed by atoms with Gasteiger partial charge in [-0.2, -0.15) is 0 Å². The number of halogens is 2. The molecule has 0 spiro atoms. The first-order valence-corrected chi connectivity index (χ1v) is 13.4. The summed E-state index contributed by atoms with van der Waals surface area (Å²) < 4.78 is 27.6. The zero-order chi connectivity index (χ0) is 28.6. The fourth-order valence-corrected chi connectivity index (χ4v) is 4.91. The number of hydrogen-bond donors (Lipinski definition) is 5. The van der Waals surface area contributed by atoms with E-state index in [1.165, 1.54) is 24.6 Å². The van der Waals surface area contributed by atoms with Gasteiger partial charge in [0.05, 0.1) is 25.4 Å². The molecule has 0 bridgehead atoms. The number of hydroxylamine groups is 1. The van der Waals surface area contributed by atoms with Crippen LogP contribution in [0.5, 0.6) is 0 Å². The van der Waals surface area contributed by atoms with Crippen molar-refractivity contribution in [1.82, 2.24) is 16.1 Å². The van der Waals surface area contributed by atoms with Crippen LogP contribution in [0, 0.1) is 11.6 Å². The van der Waals surface area contributed by atoms with Crippen molar-refractivity contribution in [2.45, 2.75) is 76.5 Å². The molecule has 214 valence electrons. The minimum atomic E-state index is -1.03. The summed E-state index contributed by atoms with van der Waals surface area (Å²) in [5, 5.41) is 26.5. The van der Waals surface area contributed by atoms with Gasteiger partial charge in [0.25, 0.3) is 0 Å². The van der Waals surface area contributed by atoms with E-state index in [2.05, 4.69) is 55.1 Å². The molecule has 2 aromatic carbocycles. The molecule has 5 N–H and O–H groups in total. The number of allylic oxidation sites excluding steroid dienone is 1. The lowest BCUT2D eigenvalue weighted by molar-refractivity contribution is -0.120. The molecule has 0 heterocycles. The maximum Gasteiger partial charge on any atom is 0.217 e. The molecule has 0 saturated heterocycles. The Balaban J connectivity index is 1.84. The number of benzene rings is 2. The van der Waals surface area contributed by atoms with E-state index >= 15 is 0 Å². The van der Waals surface area contributed by atoms with Crippen LogP contribution in [0.3, 0.4) is 0 Å². The van der Waals surface area contributed by atoms with Gasteiger partial charge in [0.1, 0.15) is 11.6 Å². The molecule has 1 aliphatic rings. The lowest BCUT2D eigenvalue weighted by Gasteiger charge is -2.40. The summed E-state index contributed by atoms with van der Waals surface area (Å²) in [5.41, 5.74) is 5.87. The van der Waals surface area contributed by atoms with Crippen molar-refractivity contribution >= 4 is 5.91 Å². The number of aliphatic hydroxyl groups excluding tert-OH is 2. The molecule has 9 heteroatoms. The van der Waals surface area contributed by atoms with Crippen LogP contribution in [-0.2, 0) is 27.0 Å². The molecule has 0 fully saturated rings. The maximum atomic E-state index is 13.8. The summed E-state index contributed by atoms with van der Waals surface area (Å²) in [6, 6.07) is 10.9. The van der Waals surface area contributed by atoms with E-state index in [1.54, 1.807) is 0 Å². The highest BCUT2D eigenvalue weighted by molar-refractivity contribution is 5.73. The first-order chi connectivity index (χ1) is 18.4. The van der Waals surface area contributed by atoms with Gasteiger partial charge in [-0.3, -0.25) is 15.1 Å². The van der Waals surface area contributed by atoms with E-state index in [1.807, 2.05) is 12.1 Å². The molecule has 2 aromatic rings. The Morgan fingerprint density at radius 1 is 1.15 bits per heavy atom. The third kappa shape index (κ3) is 8.83. The van der Waals surface area contributed by atoms with E-state index in [0.29, 0.717) is 24.8 Å². The lowest BCUT2D eigenvalue weighted by atomic mass is 9.76. The molecule has 0 radical (unpaired) electrons. The Morgan fingerprint density at radius 2 is 1.87 bits per heavy atom. The largest absolute Gasteiger partial charge is 0.394 e. The van der Waals surface area contributed by atoms with Crippen molar-refractivity contribution in [3.8, 4) is 0 Å². The van der Waals surface area contributed by atoms with Gasteiger partial charge in [-0.15, -0.1) is 0 Å². The zero-order valence-corrected chi connectivity index (χ0v) is 23.2. The van der Waals surface area contributed by atoms with Gasteiger partial charge in [0.2, 0.25) is 5.91 Å². The summed E-state index contributed by atoms with van der Waals surface area (Å²) in [5.74, 6) is -1.76. The number of hydrogen-bond acceptors (Lipinski definition) is 6. The Morgan fingerprint density at radius 3 is 2.46 bits per heavy atom. The third-order valence-corrected chi connectivity index (χ3v) is 7.08. The van der Waals surface area contributed by atoms with Crippen LogP contribution < -0.4 is 16.1 Å². The van der Waals surface area contributed by atoms with Crippen molar-refractivity contribution < 1.29 is 28.6 Å². The summed E-state index contributed by atoms with van der Waals surface area (Å²) in [7, 11) is 0. The topological polar surface area (TPSA) is 103 Å². The Bertz CT molecular complexity index is 1130. The second-order valence-corrected chi connectivity index (χ2v) is 11.3. The van der Waals surface area contributed by atoms with Gasteiger partial charge in [0, 0.05) is 30.8 Å². The fourth-order valence-electron chi connectivity index (χ4n) is 4.91. The van der Waals surface area contributed by atoms with Crippen molar-refractivity contribution in [2.75, 3.05) is 19.8 Å². The normalized spacial score (nSPS) is 19.2. The Labute approximate surface area is 229 Å². The molecule has 0 aliphatic heterocycles. The number of nitrogens with one attached hydrogen (secondary N) is 3. The van der Waals surface area contributed by atoms with Crippen molar-refractivity contribution in [3.63, 3.8) is 0 Å². The molecule has 3 unspecified atom stereocenters. The van der Waals surface area contributed by atoms with Crippen LogP contribution in [-0.4, -0.2) is 48.0 Å². The van der Waals surface area contributed by atoms with Crippen LogP contribution >= 0.6 is 0 Å². The molecule has 1 amide bonds. The van der Waals surface area contributed by atoms with E-state index in [4.69, 9.17) is 9.94 Å². The van der Waals surface area contributed by atoms with Crippen LogP contribution in [0.25, 0.3) is 0 Å². The highest BCUT2D eigenvalue weighted by atomic mass is 19.1. The Kier molecular flexibility index (Phi) is 10.6. The van der Waals surface area contributed by atoms with E-state index in [0.717, 1.165) is 17.3 Å². The first-order valence-electron chi connectivity index (χ1n) is 13.4. The molecular formula is C30H41F2N3O4. The molecule has 0 saturated carbocycles. The lowest BCUT2D eigenvalue weighted by Crippen LogP contribution is -2.53. The zero-order valence-electron chi connectivity index (χ0n) is 23.2. The SMILES string of the molecule is CC(=O)NC(Cc1cc(F)cc(F)c1)C(O)CNC1(c2cccc(C(C)(C)C)c2)CC=C(NOCCO)CC1. The number of amides is 1. The molecule has 0 aromatic heterocycles.